The molecule has 2 aromatic heterocycles. The van der Waals surface area contributed by atoms with E-state index in [9.17, 15) is 9.59 Å². The summed E-state index contributed by atoms with van der Waals surface area (Å²) in [6, 6.07) is 5.24. The Bertz CT molecular complexity index is 586. The van der Waals surface area contributed by atoms with Crippen molar-refractivity contribution in [2.45, 2.75) is 13.8 Å². The van der Waals surface area contributed by atoms with Gasteiger partial charge in [0.2, 0.25) is 5.91 Å². The summed E-state index contributed by atoms with van der Waals surface area (Å²) in [4.78, 5) is 22.1. The van der Waals surface area contributed by atoms with E-state index in [1.807, 2.05) is 6.20 Å². The van der Waals surface area contributed by atoms with E-state index in [0.29, 0.717) is 17.0 Å². The van der Waals surface area contributed by atoms with Gasteiger partial charge in [0, 0.05) is 26.2 Å². The van der Waals surface area contributed by atoms with Crippen molar-refractivity contribution in [1.29, 1.82) is 0 Å². The minimum atomic E-state index is -0.393. The van der Waals surface area contributed by atoms with E-state index >= 15 is 0 Å². The maximum absolute atomic E-state index is 11.1. The molecule has 2 heterocycles. The molecular weight excluding hydrogens is 220 g/mol. The van der Waals surface area contributed by atoms with Gasteiger partial charge in [-0.05, 0) is 18.2 Å². The Morgan fingerprint density at radius 1 is 1.24 bits per heavy atom. The fourth-order valence-electron chi connectivity index (χ4n) is 1.66. The highest BCUT2D eigenvalue weighted by Gasteiger charge is 2.11. The molecule has 0 spiro atoms. The Labute approximate surface area is 98.0 Å². The molecule has 5 heteroatoms. The molecule has 0 aliphatic heterocycles. The van der Waals surface area contributed by atoms with Crippen LogP contribution in [0.3, 0.4) is 0 Å². The Kier molecular flexibility index (Phi) is 2.82. The average molecular weight is 232 g/mol. The van der Waals surface area contributed by atoms with Crippen LogP contribution in [0.25, 0.3) is 5.52 Å². The van der Waals surface area contributed by atoms with Crippen molar-refractivity contribution in [2.24, 2.45) is 0 Å². The Hall–Kier alpha value is -2.30. The Morgan fingerprint density at radius 3 is 2.65 bits per heavy atom. The zero-order valence-corrected chi connectivity index (χ0v) is 9.56. The first-order chi connectivity index (χ1) is 8.08. The number of esters is 1. The van der Waals surface area contributed by atoms with Crippen molar-refractivity contribution < 1.29 is 14.3 Å². The van der Waals surface area contributed by atoms with Gasteiger partial charge < -0.3 is 14.5 Å². The van der Waals surface area contributed by atoms with E-state index in [1.54, 1.807) is 28.8 Å². The monoisotopic (exact) mass is 232 g/mol. The molecule has 88 valence electrons. The van der Waals surface area contributed by atoms with Crippen LogP contribution in [0.4, 0.5) is 5.69 Å². The van der Waals surface area contributed by atoms with Crippen LogP contribution in [0.5, 0.6) is 5.75 Å². The van der Waals surface area contributed by atoms with Crippen molar-refractivity contribution in [3.63, 3.8) is 0 Å². The molecule has 5 nitrogen and oxygen atoms in total. The predicted octanol–water partition coefficient (Wildman–Crippen LogP) is 1.82. The number of nitrogens with zero attached hydrogens (tertiary/aromatic N) is 1. The second kappa shape index (κ2) is 4.29. The van der Waals surface area contributed by atoms with Gasteiger partial charge in [0.15, 0.2) is 5.75 Å². The smallest absolute Gasteiger partial charge is 0.308 e. The number of rotatable bonds is 2. The normalized spacial score (nSPS) is 10.2. The lowest BCUT2D eigenvalue weighted by atomic mass is 10.3. The van der Waals surface area contributed by atoms with Gasteiger partial charge in [-0.1, -0.05) is 0 Å². The average Bonchev–Trinajstić information content (AvgIpc) is 2.61. The summed E-state index contributed by atoms with van der Waals surface area (Å²) in [6.45, 7) is 2.77. The molecule has 17 heavy (non-hydrogen) atoms. The molecule has 1 N–H and O–H groups in total. The van der Waals surface area contributed by atoms with Crippen molar-refractivity contribution in [3.8, 4) is 5.75 Å². The summed E-state index contributed by atoms with van der Waals surface area (Å²) in [5, 5.41) is 2.70. The summed E-state index contributed by atoms with van der Waals surface area (Å²) in [6.07, 6.45) is 3.58. The number of carbonyl (C=O) groups excluding carboxylic acids is 2. The highest BCUT2D eigenvalue weighted by Crippen LogP contribution is 2.28. The summed E-state index contributed by atoms with van der Waals surface area (Å²) >= 11 is 0. The van der Waals surface area contributed by atoms with Crippen LogP contribution in [-0.2, 0) is 9.59 Å². The second-order valence-corrected chi connectivity index (χ2v) is 3.63. The lowest BCUT2D eigenvalue weighted by Crippen LogP contribution is -2.08. The highest BCUT2D eigenvalue weighted by atomic mass is 16.5. The first-order valence-corrected chi connectivity index (χ1v) is 5.13. The molecule has 0 radical (unpaired) electrons. The number of anilines is 1. The number of ether oxygens (including phenoxy) is 1. The van der Waals surface area contributed by atoms with E-state index in [4.69, 9.17) is 4.74 Å². The van der Waals surface area contributed by atoms with Gasteiger partial charge in [0.25, 0.3) is 0 Å². The standard InChI is InChI=1S/C12H12N2O3/c1-8(15)13-10-4-3-6-14-7-5-11(12(10)14)17-9(2)16/h3-7H,1-2H3,(H,13,15). The first kappa shape index (κ1) is 11.2. The van der Waals surface area contributed by atoms with Crippen molar-refractivity contribution in [3.05, 3.63) is 30.6 Å². The molecule has 0 saturated heterocycles. The van der Waals surface area contributed by atoms with E-state index < -0.39 is 5.97 Å². The third-order valence-electron chi connectivity index (χ3n) is 2.21. The lowest BCUT2D eigenvalue weighted by molar-refractivity contribution is -0.131. The van der Waals surface area contributed by atoms with Crippen LogP contribution >= 0.6 is 0 Å². The van der Waals surface area contributed by atoms with Gasteiger partial charge in [-0.15, -0.1) is 0 Å². The highest BCUT2D eigenvalue weighted by molar-refractivity contribution is 5.95. The number of carbonyl (C=O) groups is 2. The molecule has 2 aromatic rings. The van der Waals surface area contributed by atoms with Crippen molar-refractivity contribution >= 4 is 23.1 Å². The topological polar surface area (TPSA) is 59.8 Å². The Morgan fingerprint density at radius 2 is 2.00 bits per heavy atom. The first-order valence-electron chi connectivity index (χ1n) is 5.13. The van der Waals surface area contributed by atoms with Gasteiger partial charge in [0.1, 0.15) is 5.52 Å². The fourth-order valence-corrected chi connectivity index (χ4v) is 1.66. The van der Waals surface area contributed by atoms with Crippen molar-refractivity contribution in [2.75, 3.05) is 5.32 Å². The van der Waals surface area contributed by atoms with Crippen LogP contribution < -0.4 is 10.1 Å². The maximum atomic E-state index is 11.1. The maximum Gasteiger partial charge on any atom is 0.308 e. The van der Waals surface area contributed by atoms with Crippen LogP contribution in [-0.4, -0.2) is 16.3 Å². The summed E-state index contributed by atoms with van der Waals surface area (Å²) in [5.41, 5.74) is 1.28. The molecule has 1 amide bonds. The number of aromatic nitrogens is 1. The Balaban J connectivity index is 2.54. The van der Waals surface area contributed by atoms with Crippen LogP contribution in [0, 0.1) is 0 Å². The van der Waals surface area contributed by atoms with E-state index in [1.165, 1.54) is 13.8 Å². The second-order valence-electron chi connectivity index (χ2n) is 3.63. The van der Waals surface area contributed by atoms with Crippen LogP contribution in [0.2, 0.25) is 0 Å². The predicted molar refractivity (Wildman–Crippen MR) is 63.0 cm³/mol. The molecule has 0 aliphatic rings. The zero-order valence-electron chi connectivity index (χ0n) is 9.56. The van der Waals surface area contributed by atoms with Gasteiger partial charge in [0.05, 0.1) is 5.69 Å². The molecular formula is C12H12N2O3. The number of nitrogens with one attached hydrogen (secondary N) is 1. The third kappa shape index (κ3) is 2.28. The SMILES string of the molecule is CC(=O)Nc1cccn2ccc(OC(C)=O)c12. The van der Waals surface area contributed by atoms with E-state index in [-0.39, 0.29) is 5.91 Å². The summed E-state index contributed by atoms with van der Waals surface area (Å²) in [5.74, 6) is -0.134. The number of hydrogen-bond donors (Lipinski definition) is 1. The van der Waals surface area contributed by atoms with Gasteiger partial charge in [-0.3, -0.25) is 9.59 Å². The van der Waals surface area contributed by atoms with Gasteiger partial charge in [-0.25, -0.2) is 0 Å². The minimum absolute atomic E-state index is 0.173. The summed E-state index contributed by atoms with van der Waals surface area (Å²) < 4.78 is 6.86. The summed E-state index contributed by atoms with van der Waals surface area (Å²) in [7, 11) is 0. The molecule has 2 rings (SSSR count). The fraction of sp³-hybridized carbons (Fsp3) is 0.167. The molecule has 0 bridgehead atoms. The van der Waals surface area contributed by atoms with E-state index in [0.717, 1.165) is 0 Å². The minimum Gasteiger partial charge on any atom is -0.424 e. The van der Waals surface area contributed by atoms with Gasteiger partial charge >= 0.3 is 5.97 Å². The zero-order chi connectivity index (χ0) is 12.4. The van der Waals surface area contributed by atoms with Crippen LogP contribution in [0.1, 0.15) is 13.8 Å². The molecule has 0 fully saturated rings. The van der Waals surface area contributed by atoms with Crippen LogP contribution in [0.15, 0.2) is 30.6 Å². The molecule has 0 saturated carbocycles. The largest absolute Gasteiger partial charge is 0.424 e. The van der Waals surface area contributed by atoms with Crippen molar-refractivity contribution in [1.82, 2.24) is 4.40 Å². The molecule has 0 unspecified atom stereocenters. The van der Waals surface area contributed by atoms with E-state index in [2.05, 4.69) is 5.32 Å². The number of amides is 1. The number of hydrogen-bond acceptors (Lipinski definition) is 3. The molecule has 0 atom stereocenters. The van der Waals surface area contributed by atoms with Gasteiger partial charge in [-0.2, -0.15) is 0 Å². The number of fused-ring (bicyclic) bond motifs is 1. The molecule has 0 aliphatic carbocycles. The number of pyridine rings is 1. The quantitative estimate of drug-likeness (QED) is 0.803. The molecule has 0 aromatic carbocycles. The third-order valence-corrected chi connectivity index (χ3v) is 2.21. The lowest BCUT2D eigenvalue weighted by Gasteiger charge is -2.07.